The highest BCUT2D eigenvalue weighted by atomic mass is 32.2. The Kier molecular flexibility index (Phi) is 3.16. The van der Waals surface area contributed by atoms with E-state index < -0.39 is 9.84 Å². The molecule has 0 bridgehead atoms. The highest BCUT2D eigenvalue weighted by Crippen LogP contribution is 2.17. The Morgan fingerprint density at radius 3 is 2.56 bits per heavy atom. The van der Waals surface area contributed by atoms with Gasteiger partial charge in [0.25, 0.3) is 0 Å². The SMILES string of the molecule is O=S(=O)(Cc1ccc(O)cc1)C1CCNC1. The Hall–Kier alpha value is -1.07. The molecule has 1 aliphatic rings. The van der Waals surface area contributed by atoms with Gasteiger partial charge in [-0.25, -0.2) is 8.42 Å². The normalized spacial score (nSPS) is 21.1. The molecule has 1 heterocycles. The minimum Gasteiger partial charge on any atom is -0.508 e. The molecule has 2 N–H and O–H groups in total. The predicted octanol–water partition coefficient (Wildman–Crippen LogP) is 0.669. The van der Waals surface area contributed by atoms with E-state index >= 15 is 0 Å². The van der Waals surface area contributed by atoms with Crippen molar-refractivity contribution in [2.75, 3.05) is 13.1 Å². The number of rotatable bonds is 3. The van der Waals surface area contributed by atoms with Gasteiger partial charge in [-0.05, 0) is 30.7 Å². The van der Waals surface area contributed by atoms with Crippen molar-refractivity contribution in [2.24, 2.45) is 0 Å². The van der Waals surface area contributed by atoms with Crippen LogP contribution in [0, 0.1) is 0 Å². The van der Waals surface area contributed by atoms with Crippen LogP contribution < -0.4 is 5.32 Å². The minimum atomic E-state index is -3.07. The zero-order valence-electron chi connectivity index (χ0n) is 8.89. The van der Waals surface area contributed by atoms with Gasteiger partial charge in [0, 0.05) is 6.54 Å². The Bertz CT molecular complexity index is 447. The lowest BCUT2D eigenvalue weighted by Gasteiger charge is -2.10. The Morgan fingerprint density at radius 2 is 2.00 bits per heavy atom. The van der Waals surface area contributed by atoms with E-state index in [9.17, 15) is 8.42 Å². The highest BCUT2D eigenvalue weighted by Gasteiger charge is 2.28. The number of sulfone groups is 1. The van der Waals surface area contributed by atoms with E-state index in [1.54, 1.807) is 12.1 Å². The third-order valence-corrected chi connectivity index (χ3v) is 4.98. The summed E-state index contributed by atoms with van der Waals surface area (Å²) in [6, 6.07) is 6.32. The molecule has 1 aliphatic heterocycles. The standard InChI is InChI=1S/C11H15NO3S/c13-10-3-1-9(2-4-10)8-16(14,15)11-5-6-12-7-11/h1-4,11-13H,5-8H2. The maximum absolute atomic E-state index is 12.0. The maximum atomic E-state index is 12.0. The third kappa shape index (κ3) is 2.54. The van der Waals surface area contributed by atoms with Crippen molar-refractivity contribution in [3.63, 3.8) is 0 Å². The summed E-state index contributed by atoms with van der Waals surface area (Å²) in [5, 5.41) is 11.9. The first-order valence-electron chi connectivity index (χ1n) is 5.28. The molecule has 1 unspecified atom stereocenters. The summed E-state index contributed by atoms with van der Waals surface area (Å²) >= 11 is 0. The number of phenolic OH excluding ortho intramolecular Hbond substituents is 1. The number of nitrogens with one attached hydrogen (secondary N) is 1. The lowest BCUT2D eigenvalue weighted by Crippen LogP contribution is -2.25. The number of aromatic hydroxyl groups is 1. The molecule has 0 aliphatic carbocycles. The second-order valence-corrected chi connectivity index (χ2v) is 6.37. The summed E-state index contributed by atoms with van der Waals surface area (Å²) in [6.07, 6.45) is 0.695. The Morgan fingerprint density at radius 1 is 1.31 bits per heavy atom. The molecule has 0 spiro atoms. The largest absolute Gasteiger partial charge is 0.508 e. The first-order chi connectivity index (χ1) is 7.58. The van der Waals surface area contributed by atoms with E-state index in [2.05, 4.69) is 5.32 Å². The first kappa shape index (κ1) is 11.4. The van der Waals surface area contributed by atoms with Crippen molar-refractivity contribution in [2.45, 2.75) is 17.4 Å². The second-order valence-electron chi connectivity index (χ2n) is 4.09. The summed E-state index contributed by atoms with van der Waals surface area (Å²) in [6.45, 7) is 1.33. The topological polar surface area (TPSA) is 66.4 Å². The van der Waals surface area contributed by atoms with Gasteiger partial charge in [-0.1, -0.05) is 12.1 Å². The molecule has 4 nitrogen and oxygen atoms in total. The molecule has 2 rings (SSSR count). The second kappa shape index (κ2) is 4.43. The van der Waals surface area contributed by atoms with E-state index in [0.717, 1.165) is 12.1 Å². The molecule has 0 amide bonds. The fourth-order valence-electron chi connectivity index (χ4n) is 1.88. The Balaban J connectivity index is 2.11. The maximum Gasteiger partial charge on any atom is 0.158 e. The quantitative estimate of drug-likeness (QED) is 0.816. The van der Waals surface area contributed by atoms with Crippen LogP contribution in [0.1, 0.15) is 12.0 Å². The molecule has 1 saturated heterocycles. The van der Waals surface area contributed by atoms with E-state index in [1.807, 2.05) is 0 Å². The van der Waals surface area contributed by atoms with Gasteiger partial charge in [-0.3, -0.25) is 0 Å². The van der Waals surface area contributed by atoms with Crippen LogP contribution >= 0.6 is 0 Å². The van der Waals surface area contributed by atoms with Crippen molar-refractivity contribution in [1.82, 2.24) is 5.32 Å². The predicted molar refractivity (Wildman–Crippen MR) is 62.0 cm³/mol. The molecular formula is C11H15NO3S. The fraction of sp³-hybridized carbons (Fsp3) is 0.455. The van der Waals surface area contributed by atoms with Crippen molar-refractivity contribution in [3.8, 4) is 5.75 Å². The van der Waals surface area contributed by atoms with Crippen molar-refractivity contribution >= 4 is 9.84 Å². The van der Waals surface area contributed by atoms with Crippen molar-refractivity contribution < 1.29 is 13.5 Å². The van der Waals surface area contributed by atoms with Gasteiger partial charge in [0.05, 0.1) is 11.0 Å². The Labute approximate surface area is 95.2 Å². The minimum absolute atomic E-state index is 0.0552. The fourth-order valence-corrected chi connectivity index (χ4v) is 3.62. The average Bonchev–Trinajstić information content (AvgIpc) is 2.75. The molecule has 1 aromatic rings. The molecular weight excluding hydrogens is 226 g/mol. The number of benzene rings is 1. The van der Waals surface area contributed by atoms with E-state index in [-0.39, 0.29) is 16.8 Å². The van der Waals surface area contributed by atoms with Gasteiger partial charge in [0.2, 0.25) is 0 Å². The molecule has 5 heteroatoms. The van der Waals surface area contributed by atoms with Gasteiger partial charge >= 0.3 is 0 Å². The summed E-state index contributed by atoms with van der Waals surface area (Å²) in [5.41, 5.74) is 0.727. The number of hydrogen-bond acceptors (Lipinski definition) is 4. The molecule has 1 fully saturated rings. The zero-order chi connectivity index (χ0) is 11.6. The van der Waals surface area contributed by atoms with Crippen LogP contribution in [0.2, 0.25) is 0 Å². The van der Waals surface area contributed by atoms with Crippen LogP contribution in [0.25, 0.3) is 0 Å². The average molecular weight is 241 g/mol. The molecule has 88 valence electrons. The first-order valence-corrected chi connectivity index (χ1v) is 7.00. The van der Waals surface area contributed by atoms with Crippen molar-refractivity contribution in [1.29, 1.82) is 0 Å². The third-order valence-electron chi connectivity index (χ3n) is 2.83. The summed E-state index contributed by atoms with van der Waals surface area (Å²) in [4.78, 5) is 0. The number of phenols is 1. The molecule has 0 radical (unpaired) electrons. The van der Waals surface area contributed by atoms with Crippen LogP contribution in [-0.4, -0.2) is 31.9 Å². The van der Waals surface area contributed by atoms with Crippen LogP contribution in [0.3, 0.4) is 0 Å². The summed E-state index contributed by atoms with van der Waals surface area (Å²) < 4.78 is 24.0. The van der Waals surface area contributed by atoms with E-state index in [0.29, 0.717) is 13.0 Å². The highest BCUT2D eigenvalue weighted by molar-refractivity contribution is 7.91. The van der Waals surface area contributed by atoms with Gasteiger partial charge in [-0.15, -0.1) is 0 Å². The van der Waals surface area contributed by atoms with Crippen LogP contribution in [0.5, 0.6) is 5.75 Å². The van der Waals surface area contributed by atoms with E-state index in [1.165, 1.54) is 12.1 Å². The monoisotopic (exact) mass is 241 g/mol. The lowest BCUT2D eigenvalue weighted by atomic mass is 10.2. The van der Waals surface area contributed by atoms with Crippen LogP contribution in [-0.2, 0) is 15.6 Å². The molecule has 0 aromatic heterocycles. The van der Waals surface area contributed by atoms with Crippen LogP contribution in [0.4, 0.5) is 0 Å². The van der Waals surface area contributed by atoms with Crippen molar-refractivity contribution in [3.05, 3.63) is 29.8 Å². The van der Waals surface area contributed by atoms with Gasteiger partial charge < -0.3 is 10.4 Å². The van der Waals surface area contributed by atoms with Gasteiger partial charge in [0.15, 0.2) is 9.84 Å². The molecule has 16 heavy (non-hydrogen) atoms. The summed E-state index contributed by atoms with van der Waals surface area (Å²) in [7, 11) is -3.07. The van der Waals surface area contributed by atoms with Gasteiger partial charge in [0.1, 0.15) is 5.75 Å². The zero-order valence-corrected chi connectivity index (χ0v) is 9.70. The summed E-state index contributed by atoms with van der Waals surface area (Å²) in [5.74, 6) is 0.211. The van der Waals surface area contributed by atoms with Gasteiger partial charge in [-0.2, -0.15) is 0 Å². The smallest absolute Gasteiger partial charge is 0.158 e. The molecule has 1 aromatic carbocycles. The van der Waals surface area contributed by atoms with Crippen LogP contribution in [0.15, 0.2) is 24.3 Å². The lowest BCUT2D eigenvalue weighted by molar-refractivity contribution is 0.475. The number of hydrogen-bond donors (Lipinski definition) is 2. The van der Waals surface area contributed by atoms with E-state index in [4.69, 9.17) is 5.11 Å². The molecule has 1 atom stereocenters. The molecule has 0 saturated carbocycles.